The van der Waals surface area contributed by atoms with Crippen molar-refractivity contribution in [2.45, 2.75) is 4.90 Å². The van der Waals surface area contributed by atoms with Crippen LogP contribution in [0.3, 0.4) is 0 Å². The van der Waals surface area contributed by atoms with Crippen LogP contribution in [-0.2, 0) is 4.79 Å². The maximum absolute atomic E-state index is 10.8. The van der Waals surface area contributed by atoms with Gasteiger partial charge in [0.25, 0.3) is 0 Å². The molecule has 0 amide bonds. The number of carbonyl (C=O) groups excluding carboxylic acids is 1. The monoisotopic (exact) mass is 254 g/mol. The van der Waals surface area contributed by atoms with Gasteiger partial charge in [-0.3, -0.25) is 4.79 Å². The van der Waals surface area contributed by atoms with E-state index in [1.165, 1.54) is 11.8 Å². The summed E-state index contributed by atoms with van der Waals surface area (Å²) in [5.41, 5.74) is 0. The fourth-order valence-electron chi connectivity index (χ4n) is 0.747. The van der Waals surface area contributed by atoms with Crippen LogP contribution in [0.15, 0.2) is 33.6 Å². The number of Topliss-reactive ketones (excluding diaryl/α,β-unsaturated/α-hetero) is 1. The summed E-state index contributed by atoms with van der Waals surface area (Å²) >= 11 is 4.83. The first-order chi connectivity index (χ1) is 6.24. The molecule has 0 radical (unpaired) electrons. The summed E-state index contributed by atoms with van der Waals surface area (Å²) in [7, 11) is 0. The van der Waals surface area contributed by atoms with Crippen molar-refractivity contribution in [2.75, 3.05) is 5.75 Å². The van der Waals surface area contributed by atoms with E-state index in [9.17, 15) is 4.79 Å². The zero-order valence-corrected chi connectivity index (χ0v) is 9.19. The molecule has 3 heteroatoms. The lowest BCUT2D eigenvalue weighted by molar-refractivity contribution is -0.111. The number of ketones is 1. The van der Waals surface area contributed by atoms with Gasteiger partial charge in [0.15, 0.2) is 0 Å². The smallest absolute Gasteiger partial charge is 0.215 e. The molecule has 0 unspecified atom stereocenters. The van der Waals surface area contributed by atoms with Gasteiger partial charge in [-0.15, -0.1) is 18.2 Å². The lowest BCUT2D eigenvalue weighted by Gasteiger charge is -2.00. The van der Waals surface area contributed by atoms with Gasteiger partial charge in [0.2, 0.25) is 5.78 Å². The van der Waals surface area contributed by atoms with Crippen LogP contribution in [0.4, 0.5) is 0 Å². The van der Waals surface area contributed by atoms with Crippen LogP contribution >= 0.6 is 27.7 Å². The predicted octanol–water partition coefficient (Wildman–Crippen LogP) is 2.74. The molecule has 0 aliphatic rings. The summed E-state index contributed by atoms with van der Waals surface area (Å²) in [6.07, 6.45) is 4.95. The highest BCUT2D eigenvalue weighted by atomic mass is 79.9. The van der Waals surface area contributed by atoms with Crippen LogP contribution in [0.2, 0.25) is 0 Å². The number of carbonyl (C=O) groups is 1. The highest BCUT2D eigenvalue weighted by Crippen LogP contribution is 2.26. The van der Waals surface area contributed by atoms with E-state index in [0.717, 1.165) is 9.37 Å². The Balaban J connectivity index is 2.61. The van der Waals surface area contributed by atoms with Crippen molar-refractivity contribution in [1.82, 2.24) is 0 Å². The van der Waals surface area contributed by atoms with Crippen LogP contribution in [0, 0.1) is 12.3 Å². The molecule has 13 heavy (non-hydrogen) atoms. The molecule has 66 valence electrons. The Morgan fingerprint density at radius 2 is 2.23 bits per heavy atom. The lowest BCUT2D eigenvalue weighted by atomic mass is 10.4. The lowest BCUT2D eigenvalue weighted by Crippen LogP contribution is -1.95. The zero-order chi connectivity index (χ0) is 9.68. The molecule has 1 nitrogen and oxygen atoms in total. The third-order valence-electron chi connectivity index (χ3n) is 1.36. The average Bonchev–Trinajstić information content (AvgIpc) is 2.16. The fraction of sp³-hybridized carbons (Fsp3) is 0.100. The molecule has 0 atom stereocenters. The molecule has 0 heterocycles. The Labute approximate surface area is 90.0 Å². The Morgan fingerprint density at radius 1 is 1.54 bits per heavy atom. The van der Waals surface area contributed by atoms with Crippen molar-refractivity contribution in [3.8, 4) is 12.3 Å². The predicted molar refractivity (Wildman–Crippen MR) is 58.7 cm³/mol. The molecular weight excluding hydrogens is 248 g/mol. The van der Waals surface area contributed by atoms with E-state index >= 15 is 0 Å². The third-order valence-corrected chi connectivity index (χ3v) is 3.38. The van der Waals surface area contributed by atoms with Gasteiger partial charge in [-0.1, -0.05) is 12.1 Å². The molecule has 0 spiro atoms. The van der Waals surface area contributed by atoms with Crippen LogP contribution in [0.1, 0.15) is 0 Å². The Morgan fingerprint density at radius 3 is 2.85 bits per heavy atom. The number of halogens is 1. The van der Waals surface area contributed by atoms with Crippen LogP contribution < -0.4 is 0 Å². The summed E-state index contributed by atoms with van der Waals surface area (Å²) in [5, 5.41) is 0. The minimum Gasteiger partial charge on any atom is -0.284 e. The number of hydrogen-bond donors (Lipinski definition) is 0. The SMILES string of the molecule is C#CC(=O)CSc1ccccc1Br. The molecular formula is C10H7BrOS. The quantitative estimate of drug-likeness (QED) is 0.469. The zero-order valence-electron chi connectivity index (χ0n) is 6.79. The second kappa shape index (κ2) is 5.11. The van der Waals surface area contributed by atoms with Crippen LogP contribution in [0.5, 0.6) is 0 Å². The maximum atomic E-state index is 10.8. The van der Waals surface area contributed by atoms with Gasteiger partial charge < -0.3 is 0 Å². The minimum absolute atomic E-state index is 0.180. The van der Waals surface area contributed by atoms with Crippen molar-refractivity contribution >= 4 is 33.5 Å². The molecule has 0 aromatic heterocycles. The Kier molecular flexibility index (Phi) is 4.07. The van der Waals surface area contributed by atoms with E-state index in [0.29, 0.717) is 5.75 Å². The van der Waals surface area contributed by atoms with E-state index in [-0.39, 0.29) is 5.78 Å². The normalized spacial score (nSPS) is 9.23. The van der Waals surface area contributed by atoms with Crippen molar-refractivity contribution in [2.24, 2.45) is 0 Å². The number of benzene rings is 1. The summed E-state index contributed by atoms with van der Waals surface area (Å²) in [4.78, 5) is 11.9. The molecule has 0 N–H and O–H groups in total. The average molecular weight is 255 g/mol. The van der Waals surface area contributed by atoms with Crippen molar-refractivity contribution in [1.29, 1.82) is 0 Å². The maximum Gasteiger partial charge on any atom is 0.215 e. The topological polar surface area (TPSA) is 17.1 Å². The second-order valence-electron chi connectivity index (χ2n) is 2.29. The number of rotatable bonds is 3. The molecule has 0 saturated heterocycles. The van der Waals surface area contributed by atoms with Crippen molar-refractivity contribution in [3.05, 3.63) is 28.7 Å². The number of thioether (sulfide) groups is 1. The highest BCUT2D eigenvalue weighted by Gasteiger charge is 2.01. The van der Waals surface area contributed by atoms with E-state index in [1.807, 2.05) is 24.3 Å². The summed E-state index contributed by atoms with van der Waals surface area (Å²) in [5.74, 6) is 2.23. The molecule has 0 saturated carbocycles. The first-order valence-corrected chi connectivity index (χ1v) is 5.38. The molecule has 1 rings (SSSR count). The Bertz CT molecular complexity index is 354. The second-order valence-corrected chi connectivity index (χ2v) is 4.16. The summed E-state index contributed by atoms with van der Waals surface area (Å²) in [6.45, 7) is 0. The van der Waals surface area contributed by atoms with Crippen LogP contribution in [-0.4, -0.2) is 11.5 Å². The highest BCUT2D eigenvalue weighted by molar-refractivity contribution is 9.10. The Hall–Kier alpha value is -0.720. The van der Waals surface area contributed by atoms with Gasteiger partial charge in [-0.05, 0) is 34.0 Å². The number of hydrogen-bond acceptors (Lipinski definition) is 2. The number of terminal acetylenes is 1. The molecule has 0 bridgehead atoms. The molecule has 1 aromatic rings. The first-order valence-electron chi connectivity index (χ1n) is 3.61. The van der Waals surface area contributed by atoms with E-state index in [2.05, 4.69) is 21.9 Å². The van der Waals surface area contributed by atoms with Gasteiger partial charge in [-0.2, -0.15) is 0 Å². The molecule has 0 fully saturated rings. The van der Waals surface area contributed by atoms with E-state index < -0.39 is 0 Å². The van der Waals surface area contributed by atoms with Crippen molar-refractivity contribution < 1.29 is 4.79 Å². The van der Waals surface area contributed by atoms with Gasteiger partial charge in [0.05, 0.1) is 5.75 Å². The van der Waals surface area contributed by atoms with Gasteiger partial charge >= 0.3 is 0 Å². The molecule has 1 aromatic carbocycles. The molecule has 0 aliphatic heterocycles. The van der Waals surface area contributed by atoms with E-state index in [1.54, 1.807) is 0 Å². The van der Waals surface area contributed by atoms with Crippen LogP contribution in [0.25, 0.3) is 0 Å². The summed E-state index contributed by atoms with van der Waals surface area (Å²) < 4.78 is 0.991. The van der Waals surface area contributed by atoms with Gasteiger partial charge in [-0.25, -0.2) is 0 Å². The minimum atomic E-state index is -0.180. The van der Waals surface area contributed by atoms with E-state index in [4.69, 9.17) is 6.42 Å². The van der Waals surface area contributed by atoms with Gasteiger partial charge in [0, 0.05) is 9.37 Å². The summed E-state index contributed by atoms with van der Waals surface area (Å²) in [6, 6.07) is 7.73. The fourth-order valence-corrected chi connectivity index (χ4v) is 2.13. The van der Waals surface area contributed by atoms with Crippen molar-refractivity contribution in [3.63, 3.8) is 0 Å². The van der Waals surface area contributed by atoms with Gasteiger partial charge in [0.1, 0.15) is 0 Å². The largest absolute Gasteiger partial charge is 0.284 e. The first kappa shape index (κ1) is 10.4. The standard InChI is InChI=1S/C10H7BrOS/c1-2-8(12)7-13-10-6-4-3-5-9(10)11/h1,3-6H,7H2. The molecule has 0 aliphatic carbocycles. The third kappa shape index (κ3) is 3.25.